The fourth-order valence-corrected chi connectivity index (χ4v) is 4.50. The summed E-state index contributed by atoms with van der Waals surface area (Å²) in [6.45, 7) is 3.43. The number of nitrogens with one attached hydrogen (secondary N) is 1. The normalized spacial score (nSPS) is 21.1. The molecule has 3 N–H and O–H groups in total. The van der Waals surface area contributed by atoms with Crippen LogP contribution in [0.4, 0.5) is 13.6 Å². The van der Waals surface area contributed by atoms with Crippen molar-refractivity contribution in [1.82, 2.24) is 15.1 Å². The molecule has 1 aromatic rings. The second-order valence-corrected chi connectivity index (χ2v) is 9.74. The number of amides is 2. The fourth-order valence-electron chi connectivity index (χ4n) is 4.50. The minimum atomic E-state index is -2.79. The van der Waals surface area contributed by atoms with Crippen LogP contribution in [0.2, 0.25) is 6.32 Å². The molecule has 194 valence electrons. The van der Waals surface area contributed by atoms with Gasteiger partial charge in [-0.3, -0.25) is 9.69 Å². The monoisotopic (exact) mass is 504 g/mol. The first-order chi connectivity index (χ1) is 16.9. The van der Waals surface area contributed by atoms with Gasteiger partial charge in [-0.1, -0.05) is 30.3 Å². The Labute approximate surface area is 209 Å². The largest absolute Gasteiger partial charge is 0.453 e. The Balaban J connectivity index is 1.59. The van der Waals surface area contributed by atoms with Gasteiger partial charge in [0.15, 0.2) is 0 Å². The number of ether oxygens (including phenoxy) is 1. The number of alkyl carbamates (subject to hydrolysis) is 1. The topological polar surface area (TPSA) is 126 Å². The fraction of sp³-hybridized carbons (Fsp3) is 0.542. The summed E-state index contributed by atoms with van der Waals surface area (Å²) in [5, 5.41) is 31.0. The number of rotatable bonds is 8. The molecule has 2 aliphatic rings. The van der Waals surface area contributed by atoms with E-state index in [0.29, 0.717) is 12.0 Å². The lowest BCUT2D eigenvalue weighted by molar-refractivity contribution is -0.126. The van der Waals surface area contributed by atoms with E-state index in [1.54, 1.807) is 49.1 Å². The Kier molecular flexibility index (Phi) is 8.71. The number of hydrogen-bond acceptors (Lipinski definition) is 7. The standard InChI is InChI=1S/C24H31BF2N4O5/c1-23(2,31-11-9-24(26,27)16-31)12-18(14-28)21(32)30-10-8-19(15-30)36-22(33)29-20(13-25(34)35)17-6-4-3-5-7-17/h3-7,12,19-20,34-35H,8-11,13,15-16H2,1-2H3,(H,29,33)/t19-,20-/m1/s1. The summed E-state index contributed by atoms with van der Waals surface area (Å²) in [5.74, 6) is -3.34. The van der Waals surface area contributed by atoms with Gasteiger partial charge in [-0.15, -0.1) is 0 Å². The van der Waals surface area contributed by atoms with Crippen LogP contribution < -0.4 is 5.32 Å². The highest BCUT2D eigenvalue weighted by molar-refractivity contribution is 6.41. The van der Waals surface area contributed by atoms with Gasteiger partial charge in [0.05, 0.1) is 19.1 Å². The summed E-state index contributed by atoms with van der Waals surface area (Å²) in [7, 11) is -1.64. The lowest BCUT2D eigenvalue weighted by Gasteiger charge is -2.33. The molecule has 9 nitrogen and oxygen atoms in total. The molecule has 0 aromatic heterocycles. The molecule has 0 aliphatic carbocycles. The van der Waals surface area contributed by atoms with E-state index < -0.39 is 49.3 Å². The third-order valence-electron chi connectivity index (χ3n) is 6.48. The predicted molar refractivity (Wildman–Crippen MR) is 128 cm³/mol. The van der Waals surface area contributed by atoms with Gasteiger partial charge in [0.1, 0.15) is 17.7 Å². The van der Waals surface area contributed by atoms with Crippen LogP contribution in [0.15, 0.2) is 42.0 Å². The number of nitrogens with zero attached hydrogens (tertiary/aromatic N) is 3. The van der Waals surface area contributed by atoms with E-state index in [4.69, 9.17) is 4.74 Å². The maximum atomic E-state index is 13.7. The Morgan fingerprint density at radius 3 is 2.61 bits per heavy atom. The number of nitriles is 1. The van der Waals surface area contributed by atoms with Crippen molar-refractivity contribution >= 4 is 19.1 Å². The average Bonchev–Trinajstić information content (AvgIpc) is 3.43. The molecule has 2 heterocycles. The zero-order chi connectivity index (χ0) is 26.5. The molecule has 2 atom stereocenters. The number of alkyl halides is 2. The number of benzene rings is 1. The van der Waals surface area contributed by atoms with E-state index in [9.17, 15) is 33.7 Å². The van der Waals surface area contributed by atoms with Gasteiger partial charge in [0.25, 0.3) is 11.8 Å². The summed E-state index contributed by atoms with van der Waals surface area (Å²) in [5.41, 5.74) is -0.394. The summed E-state index contributed by atoms with van der Waals surface area (Å²) in [6, 6.07) is 9.99. The first-order valence-corrected chi connectivity index (χ1v) is 11.8. The summed E-state index contributed by atoms with van der Waals surface area (Å²) >= 11 is 0. The number of carbonyl (C=O) groups is 2. The highest BCUT2D eigenvalue weighted by Crippen LogP contribution is 2.33. The number of carbonyl (C=O) groups excluding carboxylic acids is 2. The molecule has 2 saturated heterocycles. The highest BCUT2D eigenvalue weighted by atomic mass is 19.3. The SMILES string of the molecule is CC(C)(C=C(C#N)C(=O)N1CC[C@@H](OC(=O)N[C@H](CB(O)O)c2ccccc2)C1)N1CCC(F)(F)C1. The van der Waals surface area contributed by atoms with Crippen molar-refractivity contribution in [2.45, 2.75) is 56.6 Å². The van der Waals surface area contributed by atoms with E-state index in [0.717, 1.165) is 0 Å². The molecule has 1 aromatic carbocycles. The highest BCUT2D eigenvalue weighted by Gasteiger charge is 2.43. The molecule has 3 rings (SSSR count). The molecule has 0 unspecified atom stereocenters. The van der Waals surface area contributed by atoms with Crippen LogP contribution in [0.25, 0.3) is 0 Å². The van der Waals surface area contributed by atoms with Gasteiger partial charge in [0.2, 0.25) is 0 Å². The van der Waals surface area contributed by atoms with Gasteiger partial charge in [-0.2, -0.15) is 5.26 Å². The molecule has 0 saturated carbocycles. The van der Waals surface area contributed by atoms with Gasteiger partial charge >= 0.3 is 13.2 Å². The lowest BCUT2D eigenvalue weighted by atomic mass is 9.79. The first kappa shape index (κ1) is 27.6. The van der Waals surface area contributed by atoms with E-state index in [-0.39, 0.29) is 37.9 Å². The zero-order valence-corrected chi connectivity index (χ0v) is 20.4. The van der Waals surface area contributed by atoms with Crippen LogP contribution in [-0.2, 0) is 9.53 Å². The maximum absolute atomic E-state index is 13.7. The van der Waals surface area contributed by atoms with E-state index >= 15 is 0 Å². The molecule has 2 fully saturated rings. The van der Waals surface area contributed by atoms with Crippen LogP contribution in [0.5, 0.6) is 0 Å². The number of hydrogen-bond donors (Lipinski definition) is 3. The Hall–Kier alpha value is -3.01. The maximum Gasteiger partial charge on any atom is 0.453 e. The van der Waals surface area contributed by atoms with Crippen LogP contribution in [-0.4, -0.2) is 82.7 Å². The van der Waals surface area contributed by atoms with Gasteiger partial charge in [0, 0.05) is 37.8 Å². The van der Waals surface area contributed by atoms with E-state index in [1.807, 2.05) is 6.07 Å². The lowest BCUT2D eigenvalue weighted by Crippen LogP contribution is -2.43. The van der Waals surface area contributed by atoms with Crippen molar-refractivity contribution in [3.8, 4) is 6.07 Å². The van der Waals surface area contributed by atoms with Crippen LogP contribution >= 0.6 is 0 Å². The van der Waals surface area contributed by atoms with Crippen LogP contribution in [0.1, 0.15) is 38.3 Å². The molecule has 12 heteroatoms. The number of likely N-dealkylation sites (tertiary alicyclic amines) is 2. The molecular formula is C24H31BF2N4O5. The minimum Gasteiger partial charge on any atom is -0.444 e. The third kappa shape index (κ3) is 7.26. The quantitative estimate of drug-likeness (QED) is 0.281. The van der Waals surface area contributed by atoms with Gasteiger partial charge < -0.3 is 25.0 Å². The Bertz CT molecular complexity index is 1020. The van der Waals surface area contributed by atoms with Crippen molar-refractivity contribution in [2.75, 3.05) is 26.2 Å². The minimum absolute atomic E-state index is 0.0755. The Morgan fingerprint density at radius 1 is 1.33 bits per heavy atom. The third-order valence-corrected chi connectivity index (χ3v) is 6.48. The molecular weight excluding hydrogens is 473 g/mol. The van der Waals surface area contributed by atoms with Crippen LogP contribution in [0.3, 0.4) is 0 Å². The van der Waals surface area contributed by atoms with Crippen molar-refractivity contribution < 1.29 is 33.2 Å². The van der Waals surface area contributed by atoms with Crippen LogP contribution in [0, 0.1) is 11.3 Å². The molecule has 0 bridgehead atoms. The van der Waals surface area contributed by atoms with Gasteiger partial charge in [-0.25, -0.2) is 13.6 Å². The zero-order valence-electron chi connectivity index (χ0n) is 20.4. The first-order valence-electron chi connectivity index (χ1n) is 11.8. The summed E-state index contributed by atoms with van der Waals surface area (Å²) < 4.78 is 32.8. The Morgan fingerprint density at radius 2 is 2.03 bits per heavy atom. The van der Waals surface area contributed by atoms with Crippen molar-refractivity contribution in [2.24, 2.45) is 0 Å². The average molecular weight is 504 g/mol. The molecule has 2 aliphatic heterocycles. The molecule has 0 radical (unpaired) electrons. The molecule has 0 spiro atoms. The predicted octanol–water partition coefficient (Wildman–Crippen LogP) is 2.10. The summed E-state index contributed by atoms with van der Waals surface area (Å²) in [6.07, 6.45) is -0.00903. The molecule has 2 amide bonds. The smallest absolute Gasteiger partial charge is 0.444 e. The molecule has 36 heavy (non-hydrogen) atoms. The second kappa shape index (κ2) is 11.4. The van der Waals surface area contributed by atoms with E-state index in [1.165, 1.54) is 11.0 Å². The van der Waals surface area contributed by atoms with Gasteiger partial charge in [-0.05, 0) is 25.5 Å². The number of halogens is 2. The van der Waals surface area contributed by atoms with E-state index in [2.05, 4.69) is 5.32 Å². The second-order valence-electron chi connectivity index (χ2n) is 9.74. The summed E-state index contributed by atoms with van der Waals surface area (Å²) in [4.78, 5) is 28.4. The van der Waals surface area contributed by atoms with Crippen molar-refractivity contribution in [3.63, 3.8) is 0 Å². The van der Waals surface area contributed by atoms with Crippen molar-refractivity contribution in [1.29, 1.82) is 5.26 Å². The van der Waals surface area contributed by atoms with Crippen molar-refractivity contribution in [3.05, 3.63) is 47.5 Å².